The molecule has 0 saturated heterocycles. The molecule has 118 valence electrons. The Labute approximate surface area is 136 Å². The Balaban J connectivity index is 2.31. The number of benzene rings is 2. The molecule has 22 heavy (non-hydrogen) atoms. The Morgan fingerprint density at radius 3 is 2.36 bits per heavy atom. The first-order valence-corrected chi connectivity index (χ1v) is 8.87. The lowest BCUT2D eigenvalue weighted by Crippen LogP contribution is -2.31. The smallest absolute Gasteiger partial charge is 0.240 e. The molecule has 2 rings (SSSR count). The van der Waals surface area contributed by atoms with Crippen LogP contribution in [0, 0.1) is 0 Å². The third kappa shape index (κ3) is 3.80. The fourth-order valence-electron chi connectivity index (χ4n) is 2.00. The Bertz CT molecular complexity index is 758. The van der Waals surface area contributed by atoms with Gasteiger partial charge in [-0.1, -0.05) is 36.7 Å². The van der Waals surface area contributed by atoms with E-state index in [-0.39, 0.29) is 10.9 Å². The maximum absolute atomic E-state index is 12.2. The maximum Gasteiger partial charge on any atom is 0.240 e. The van der Waals surface area contributed by atoms with Gasteiger partial charge in [0.05, 0.1) is 9.92 Å². The van der Waals surface area contributed by atoms with E-state index in [1.807, 2.05) is 19.9 Å². The first-order valence-electron chi connectivity index (χ1n) is 7.01. The molecule has 4 nitrogen and oxygen atoms in total. The van der Waals surface area contributed by atoms with Crippen molar-refractivity contribution in [3.63, 3.8) is 0 Å². The van der Waals surface area contributed by atoms with Crippen molar-refractivity contribution in [3.8, 4) is 11.1 Å². The minimum Gasteiger partial charge on any atom is -0.399 e. The van der Waals surface area contributed by atoms with Crippen LogP contribution in [0.2, 0.25) is 5.02 Å². The highest BCUT2D eigenvalue weighted by atomic mass is 35.5. The zero-order valence-corrected chi connectivity index (χ0v) is 14.1. The van der Waals surface area contributed by atoms with Crippen LogP contribution in [0.3, 0.4) is 0 Å². The van der Waals surface area contributed by atoms with Gasteiger partial charge in [0.1, 0.15) is 0 Å². The lowest BCUT2D eigenvalue weighted by molar-refractivity contribution is 0.556. The summed E-state index contributed by atoms with van der Waals surface area (Å²) in [5.74, 6) is 0. The third-order valence-corrected chi connectivity index (χ3v) is 5.36. The molecule has 0 spiro atoms. The second kappa shape index (κ2) is 6.69. The molecule has 0 amide bonds. The fraction of sp³-hybridized carbons (Fsp3) is 0.250. The third-order valence-electron chi connectivity index (χ3n) is 3.44. The van der Waals surface area contributed by atoms with Gasteiger partial charge in [0.2, 0.25) is 10.0 Å². The molecule has 0 radical (unpaired) electrons. The standard InChI is InChI=1S/C16H19ClN2O2S/c1-3-11(2)19-22(20,21)14-7-4-12(5-8-14)15-9-6-13(18)10-16(15)17/h4-11,19H,3,18H2,1-2H3. The van der Waals surface area contributed by atoms with E-state index in [0.29, 0.717) is 10.7 Å². The fourth-order valence-corrected chi connectivity index (χ4v) is 3.62. The highest BCUT2D eigenvalue weighted by Gasteiger charge is 2.16. The summed E-state index contributed by atoms with van der Waals surface area (Å²) < 4.78 is 27.0. The van der Waals surface area contributed by atoms with Crippen LogP contribution in [-0.4, -0.2) is 14.5 Å². The van der Waals surface area contributed by atoms with Crippen LogP contribution in [0.25, 0.3) is 11.1 Å². The average molecular weight is 339 g/mol. The second-order valence-electron chi connectivity index (χ2n) is 5.19. The van der Waals surface area contributed by atoms with Crippen LogP contribution in [0.15, 0.2) is 47.4 Å². The van der Waals surface area contributed by atoms with Crippen LogP contribution in [0.5, 0.6) is 0 Å². The molecule has 1 atom stereocenters. The Hall–Kier alpha value is -1.56. The monoisotopic (exact) mass is 338 g/mol. The van der Waals surface area contributed by atoms with Crippen molar-refractivity contribution in [2.75, 3.05) is 5.73 Å². The van der Waals surface area contributed by atoms with Crippen molar-refractivity contribution < 1.29 is 8.42 Å². The number of hydrogen-bond donors (Lipinski definition) is 2. The van der Waals surface area contributed by atoms with E-state index >= 15 is 0 Å². The zero-order valence-electron chi connectivity index (χ0n) is 12.5. The number of sulfonamides is 1. The number of halogens is 1. The molecule has 0 heterocycles. The Morgan fingerprint density at radius 1 is 1.18 bits per heavy atom. The van der Waals surface area contributed by atoms with E-state index in [2.05, 4.69) is 4.72 Å². The number of nitrogens with one attached hydrogen (secondary N) is 1. The number of rotatable bonds is 5. The summed E-state index contributed by atoms with van der Waals surface area (Å²) in [6.45, 7) is 3.76. The molecule has 0 fully saturated rings. The summed E-state index contributed by atoms with van der Waals surface area (Å²) in [5, 5.41) is 0.535. The zero-order chi connectivity index (χ0) is 16.3. The van der Waals surface area contributed by atoms with Gasteiger partial charge in [0, 0.05) is 17.3 Å². The normalized spacial score (nSPS) is 13.0. The largest absolute Gasteiger partial charge is 0.399 e. The quantitative estimate of drug-likeness (QED) is 0.817. The topological polar surface area (TPSA) is 72.2 Å². The summed E-state index contributed by atoms with van der Waals surface area (Å²) in [6.07, 6.45) is 0.734. The van der Waals surface area contributed by atoms with E-state index in [1.54, 1.807) is 36.4 Å². The lowest BCUT2D eigenvalue weighted by Gasteiger charge is -2.12. The molecule has 0 aliphatic rings. The van der Waals surface area contributed by atoms with Crippen LogP contribution in [0.4, 0.5) is 5.69 Å². The van der Waals surface area contributed by atoms with E-state index in [4.69, 9.17) is 17.3 Å². The molecule has 0 saturated carbocycles. The summed E-state index contributed by atoms with van der Waals surface area (Å²) in [7, 11) is -3.49. The highest BCUT2D eigenvalue weighted by Crippen LogP contribution is 2.30. The van der Waals surface area contributed by atoms with E-state index in [0.717, 1.165) is 17.5 Å². The average Bonchev–Trinajstić information content (AvgIpc) is 2.47. The summed E-state index contributed by atoms with van der Waals surface area (Å²) in [5.41, 5.74) is 7.92. The number of nitrogen functional groups attached to an aromatic ring is 1. The van der Waals surface area contributed by atoms with Gasteiger partial charge in [-0.15, -0.1) is 0 Å². The van der Waals surface area contributed by atoms with E-state index in [9.17, 15) is 8.42 Å². The molecule has 2 aromatic carbocycles. The predicted molar refractivity (Wildman–Crippen MR) is 91.4 cm³/mol. The van der Waals surface area contributed by atoms with Gasteiger partial charge in [-0.3, -0.25) is 0 Å². The molecule has 0 aliphatic heterocycles. The van der Waals surface area contributed by atoms with Gasteiger partial charge < -0.3 is 5.73 Å². The van der Waals surface area contributed by atoms with Gasteiger partial charge >= 0.3 is 0 Å². The molecular weight excluding hydrogens is 320 g/mol. The van der Waals surface area contributed by atoms with Crippen LogP contribution >= 0.6 is 11.6 Å². The molecule has 0 aliphatic carbocycles. The number of nitrogens with two attached hydrogens (primary N) is 1. The van der Waals surface area contributed by atoms with Crippen molar-refractivity contribution in [3.05, 3.63) is 47.5 Å². The van der Waals surface area contributed by atoms with Crippen LogP contribution in [-0.2, 0) is 10.0 Å². The first-order chi connectivity index (χ1) is 10.3. The van der Waals surface area contributed by atoms with Gasteiger partial charge in [-0.05, 0) is 43.2 Å². The number of anilines is 1. The van der Waals surface area contributed by atoms with Gasteiger partial charge in [-0.25, -0.2) is 13.1 Å². The van der Waals surface area contributed by atoms with Crippen molar-refractivity contribution in [2.24, 2.45) is 0 Å². The van der Waals surface area contributed by atoms with E-state index in [1.165, 1.54) is 0 Å². The maximum atomic E-state index is 12.2. The predicted octanol–water partition coefficient (Wildman–Crippen LogP) is 3.67. The van der Waals surface area contributed by atoms with Crippen molar-refractivity contribution in [2.45, 2.75) is 31.2 Å². The van der Waals surface area contributed by atoms with Crippen molar-refractivity contribution >= 4 is 27.3 Å². The molecule has 2 aromatic rings. The minimum absolute atomic E-state index is 0.101. The molecule has 6 heteroatoms. The van der Waals surface area contributed by atoms with Gasteiger partial charge in [0.15, 0.2) is 0 Å². The van der Waals surface area contributed by atoms with Crippen LogP contribution < -0.4 is 10.5 Å². The Morgan fingerprint density at radius 2 is 1.82 bits per heavy atom. The van der Waals surface area contributed by atoms with Crippen molar-refractivity contribution in [1.82, 2.24) is 4.72 Å². The second-order valence-corrected chi connectivity index (χ2v) is 7.32. The van der Waals surface area contributed by atoms with Gasteiger partial charge in [-0.2, -0.15) is 0 Å². The highest BCUT2D eigenvalue weighted by molar-refractivity contribution is 7.89. The number of hydrogen-bond acceptors (Lipinski definition) is 3. The molecule has 0 bridgehead atoms. The summed E-state index contributed by atoms with van der Waals surface area (Å²) >= 11 is 6.17. The Kier molecular flexibility index (Phi) is 5.11. The SMILES string of the molecule is CCC(C)NS(=O)(=O)c1ccc(-c2ccc(N)cc2Cl)cc1. The molecule has 0 aromatic heterocycles. The first kappa shape index (κ1) is 16.8. The molecule has 3 N–H and O–H groups in total. The van der Waals surface area contributed by atoms with Crippen LogP contribution in [0.1, 0.15) is 20.3 Å². The van der Waals surface area contributed by atoms with E-state index < -0.39 is 10.0 Å². The van der Waals surface area contributed by atoms with Gasteiger partial charge in [0.25, 0.3) is 0 Å². The molecule has 1 unspecified atom stereocenters. The summed E-state index contributed by atoms with van der Waals surface area (Å²) in [6, 6.07) is 11.8. The lowest BCUT2D eigenvalue weighted by atomic mass is 10.1. The molecular formula is C16H19ClN2O2S. The minimum atomic E-state index is -3.49. The van der Waals surface area contributed by atoms with Crippen molar-refractivity contribution in [1.29, 1.82) is 0 Å². The summed E-state index contributed by atoms with van der Waals surface area (Å²) in [4.78, 5) is 0.239.